The Balaban J connectivity index is 1.86. The van der Waals surface area contributed by atoms with Gasteiger partial charge in [-0.05, 0) is 44.0 Å². The number of halogens is 2. The Morgan fingerprint density at radius 3 is 2.24 bits per heavy atom. The summed E-state index contributed by atoms with van der Waals surface area (Å²) in [5.74, 6) is -1.28. The first-order valence-electron chi connectivity index (χ1n) is 7.90. The third-order valence-electron chi connectivity index (χ3n) is 4.47. The first-order valence-corrected chi connectivity index (χ1v) is 7.90. The fourth-order valence-corrected chi connectivity index (χ4v) is 3.14. The smallest absolute Gasteiger partial charge is 0.126 e. The Morgan fingerprint density at radius 2 is 1.67 bits per heavy atom. The van der Waals surface area contributed by atoms with E-state index in [0.717, 1.165) is 12.6 Å². The molecule has 1 atom stereocenters. The van der Waals surface area contributed by atoms with Crippen molar-refractivity contribution in [3.05, 3.63) is 35.4 Å². The number of aliphatic hydroxyl groups excluding tert-OH is 1. The van der Waals surface area contributed by atoms with Gasteiger partial charge in [-0.25, -0.2) is 8.78 Å². The minimum atomic E-state index is -0.816. The molecule has 21 heavy (non-hydrogen) atoms. The molecular weight excluding hydrogens is 272 g/mol. The van der Waals surface area contributed by atoms with Gasteiger partial charge in [0.15, 0.2) is 0 Å². The molecule has 1 aromatic rings. The molecule has 2 nitrogen and oxygen atoms in total. The van der Waals surface area contributed by atoms with Crippen LogP contribution in [0.25, 0.3) is 0 Å². The molecule has 1 unspecified atom stereocenters. The van der Waals surface area contributed by atoms with Gasteiger partial charge in [-0.3, -0.25) is 0 Å². The maximum Gasteiger partial charge on any atom is 0.126 e. The van der Waals surface area contributed by atoms with Crippen LogP contribution in [0.3, 0.4) is 0 Å². The lowest BCUT2D eigenvalue weighted by molar-refractivity contribution is 0.131. The van der Waals surface area contributed by atoms with Crippen molar-refractivity contribution in [2.24, 2.45) is 0 Å². The van der Waals surface area contributed by atoms with E-state index in [4.69, 9.17) is 0 Å². The van der Waals surface area contributed by atoms with Gasteiger partial charge in [0.25, 0.3) is 0 Å². The highest BCUT2D eigenvalue weighted by atomic mass is 19.1. The van der Waals surface area contributed by atoms with Gasteiger partial charge in [0.1, 0.15) is 11.6 Å². The molecule has 1 saturated carbocycles. The van der Waals surface area contributed by atoms with Crippen molar-refractivity contribution < 1.29 is 13.9 Å². The van der Waals surface area contributed by atoms with Crippen LogP contribution in [0.1, 0.15) is 56.6 Å². The summed E-state index contributed by atoms with van der Waals surface area (Å²) in [5, 5.41) is 10.1. The SMILES string of the molecule is CN(CCC(O)c1cc(F)cc(F)c1)C1CCCCCC1. The highest BCUT2D eigenvalue weighted by molar-refractivity contribution is 5.20. The minimum absolute atomic E-state index is 0.321. The van der Waals surface area contributed by atoms with E-state index in [-0.39, 0.29) is 0 Å². The van der Waals surface area contributed by atoms with Crippen molar-refractivity contribution in [1.82, 2.24) is 4.90 Å². The number of hydrogen-bond donors (Lipinski definition) is 1. The topological polar surface area (TPSA) is 23.5 Å². The van der Waals surface area contributed by atoms with Crippen LogP contribution in [0.15, 0.2) is 18.2 Å². The predicted octanol–water partition coefficient (Wildman–Crippen LogP) is 4.04. The van der Waals surface area contributed by atoms with Crippen molar-refractivity contribution in [3.8, 4) is 0 Å². The third-order valence-corrected chi connectivity index (χ3v) is 4.47. The first-order chi connectivity index (χ1) is 10.1. The molecule has 4 heteroatoms. The molecule has 0 amide bonds. The molecule has 1 fully saturated rings. The molecule has 0 aromatic heterocycles. The quantitative estimate of drug-likeness (QED) is 0.829. The molecule has 1 aromatic carbocycles. The number of rotatable bonds is 5. The van der Waals surface area contributed by atoms with Crippen molar-refractivity contribution in [1.29, 1.82) is 0 Å². The highest BCUT2D eigenvalue weighted by Crippen LogP contribution is 2.23. The maximum absolute atomic E-state index is 13.2. The Hall–Kier alpha value is -1.00. The van der Waals surface area contributed by atoms with Crippen LogP contribution in [-0.2, 0) is 0 Å². The van der Waals surface area contributed by atoms with Crippen LogP contribution >= 0.6 is 0 Å². The monoisotopic (exact) mass is 297 g/mol. The van der Waals surface area contributed by atoms with Gasteiger partial charge < -0.3 is 10.0 Å². The molecule has 118 valence electrons. The zero-order valence-electron chi connectivity index (χ0n) is 12.7. The summed E-state index contributed by atoms with van der Waals surface area (Å²) in [7, 11) is 2.08. The summed E-state index contributed by atoms with van der Waals surface area (Å²) in [6, 6.07) is 3.82. The molecule has 0 aliphatic heterocycles. The number of hydrogen-bond acceptors (Lipinski definition) is 2. The second-order valence-electron chi connectivity index (χ2n) is 6.13. The van der Waals surface area contributed by atoms with E-state index < -0.39 is 17.7 Å². The second kappa shape index (κ2) is 7.85. The Kier molecular flexibility index (Phi) is 6.12. The van der Waals surface area contributed by atoms with Gasteiger partial charge in [-0.15, -0.1) is 0 Å². The zero-order valence-corrected chi connectivity index (χ0v) is 12.7. The van der Waals surface area contributed by atoms with Crippen LogP contribution in [0, 0.1) is 11.6 Å². The highest BCUT2D eigenvalue weighted by Gasteiger charge is 2.18. The van der Waals surface area contributed by atoms with E-state index in [2.05, 4.69) is 11.9 Å². The number of nitrogens with zero attached hydrogens (tertiary/aromatic N) is 1. The first kappa shape index (κ1) is 16.4. The van der Waals surface area contributed by atoms with Crippen molar-refractivity contribution in [2.75, 3.05) is 13.6 Å². The minimum Gasteiger partial charge on any atom is -0.388 e. The molecule has 1 N–H and O–H groups in total. The van der Waals surface area contributed by atoms with E-state index in [1.165, 1.54) is 50.7 Å². The molecular formula is C17H25F2NO. The predicted molar refractivity (Wildman–Crippen MR) is 80.1 cm³/mol. The van der Waals surface area contributed by atoms with Gasteiger partial charge in [0.05, 0.1) is 6.10 Å². The van der Waals surface area contributed by atoms with Crippen LogP contribution in [-0.4, -0.2) is 29.6 Å². The van der Waals surface area contributed by atoms with Crippen LogP contribution in [0.5, 0.6) is 0 Å². The van der Waals surface area contributed by atoms with Gasteiger partial charge in [-0.1, -0.05) is 25.7 Å². The molecule has 0 bridgehead atoms. The average Bonchev–Trinajstić information content (AvgIpc) is 2.72. The van der Waals surface area contributed by atoms with Crippen molar-refractivity contribution in [2.45, 2.75) is 57.1 Å². The van der Waals surface area contributed by atoms with Gasteiger partial charge in [0.2, 0.25) is 0 Å². The van der Waals surface area contributed by atoms with Crippen LogP contribution in [0.4, 0.5) is 8.78 Å². The summed E-state index contributed by atoms with van der Waals surface area (Å²) in [5.41, 5.74) is 0.321. The van der Waals surface area contributed by atoms with Crippen molar-refractivity contribution in [3.63, 3.8) is 0 Å². The van der Waals surface area contributed by atoms with E-state index in [0.29, 0.717) is 18.0 Å². The summed E-state index contributed by atoms with van der Waals surface area (Å²) in [4.78, 5) is 2.28. The lowest BCUT2D eigenvalue weighted by Gasteiger charge is -2.28. The molecule has 0 saturated heterocycles. The second-order valence-corrected chi connectivity index (χ2v) is 6.13. The molecule has 1 aliphatic rings. The van der Waals surface area contributed by atoms with Crippen molar-refractivity contribution >= 4 is 0 Å². The fraction of sp³-hybridized carbons (Fsp3) is 0.647. The molecule has 0 radical (unpaired) electrons. The summed E-state index contributed by atoms with van der Waals surface area (Å²) < 4.78 is 26.3. The summed E-state index contributed by atoms with van der Waals surface area (Å²) in [6.45, 7) is 0.740. The molecule has 0 spiro atoms. The van der Waals surface area contributed by atoms with E-state index in [9.17, 15) is 13.9 Å². The summed E-state index contributed by atoms with van der Waals surface area (Å²) in [6.07, 6.45) is 7.27. The van der Waals surface area contributed by atoms with Crippen LogP contribution in [0.2, 0.25) is 0 Å². The standard InChI is InChI=1S/C17H25F2NO/c1-20(16-6-4-2-3-5-7-16)9-8-17(21)13-10-14(18)12-15(19)11-13/h10-12,16-17,21H,2-9H2,1H3. The molecule has 2 rings (SSSR count). The van der Waals surface area contributed by atoms with Gasteiger partial charge in [0, 0.05) is 18.7 Å². The average molecular weight is 297 g/mol. The van der Waals surface area contributed by atoms with E-state index >= 15 is 0 Å². The maximum atomic E-state index is 13.2. The lowest BCUT2D eigenvalue weighted by atomic mass is 10.0. The molecule has 0 heterocycles. The van der Waals surface area contributed by atoms with Gasteiger partial charge >= 0.3 is 0 Å². The number of aliphatic hydroxyl groups is 1. The lowest BCUT2D eigenvalue weighted by Crippen LogP contribution is -2.32. The Morgan fingerprint density at radius 1 is 1.10 bits per heavy atom. The van der Waals surface area contributed by atoms with E-state index in [1.807, 2.05) is 0 Å². The summed E-state index contributed by atoms with van der Waals surface area (Å²) >= 11 is 0. The van der Waals surface area contributed by atoms with Gasteiger partial charge in [-0.2, -0.15) is 0 Å². The Labute approximate surface area is 125 Å². The number of benzene rings is 1. The third kappa shape index (κ3) is 5.04. The largest absolute Gasteiger partial charge is 0.388 e. The molecule has 1 aliphatic carbocycles. The normalized spacial score (nSPS) is 18.7. The van der Waals surface area contributed by atoms with Crippen LogP contribution < -0.4 is 0 Å². The van der Waals surface area contributed by atoms with E-state index in [1.54, 1.807) is 0 Å². The fourth-order valence-electron chi connectivity index (χ4n) is 3.14. The zero-order chi connectivity index (χ0) is 15.2. The Bertz CT molecular complexity index is 424.